The van der Waals surface area contributed by atoms with Gasteiger partial charge in [0.05, 0.1) is 6.61 Å². The van der Waals surface area contributed by atoms with Gasteiger partial charge >= 0.3 is 0 Å². The Labute approximate surface area is 90.1 Å². The Kier molecular flexibility index (Phi) is 3.04. The second kappa shape index (κ2) is 4.47. The molecule has 1 N–H and O–H groups in total. The van der Waals surface area contributed by atoms with Crippen LogP contribution in [0.5, 0.6) is 5.88 Å². The summed E-state index contributed by atoms with van der Waals surface area (Å²) in [4.78, 5) is 8.19. The van der Waals surface area contributed by atoms with Crippen LogP contribution in [0.25, 0.3) is 0 Å². The van der Waals surface area contributed by atoms with Crippen LogP contribution in [0.1, 0.15) is 26.7 Å². The molecular weight excluding hydrogens is 190 g/mol. The Morgan fingerprint density at radius 3 is 3.00 bits per heavy atom. The van der Waals surface area contributed by atoms with Crippen LogP contribution in [-0.4, -0.2) is 22.6 Å². The fourth-order valence-electron chi connectivity index (χ4n) is 1.59. The van der Waals surface area contributed by atoms with E-state index < -0.39 is 0 Å². The number of hydrogen-bond donors (Lipinski definition) is 1. The molecular formula is C11H17N3O. The van der Waals surface area contributed by atoms with Gasteiger partial charge in [0.2, 0.25) is 5.88 Å². The molecule has 1 atom stereocenters. The second-order valence-electron chi connectivity index (χ2n) is 3.94. The van der Waals surface area contributed by atoms with Gasteiger partial charge in [-0.15, -0.1) is 0 Å². The minimum Gasteiger partial charge on any atom is -0.478 e. The van der Waals surface area contributed by atoms with E-state index >= 15 is 0 Å². The minimum atomic E-state index is 0.495. The van der Waals surface area contributed by atoms with Crippen molar-refractivity contribution in [3.05, 3.63) is 12.4 Å². The molecule has 1 fully saturated rings. The number of aromatic nitrogens is 2. The topological polar surface area (TPSA) is 47.0 Å². The zero-order chi connectivity index (χ0) is 10.7. The van der Waals surface area contributed by atoms with Crippen LogP contribution in [-0.2, 0) is 0 Å². The quantitative estimate of drug-likeness (QED) is 0.803. The van der Waals surface area contributed by atoms with E-state index in [1.165, 1.54) is 19.2 Å². The molecule has 4 heteroatoms. The number of rotatable bonds is 5. The van der Waals surface area contributed by atoms with Gasteiger partial charge in [-0.1, -0.05) is 0 Å². The lowest BCUT2D eigenvalue weighted by Crippen LogP contribution is -2.18. The summed E-state index contributed by atoms with van der Waals surface area (Å²) in [7, 11) is 0. The summed E-state index contributed by atoms with van der Waals surface area (Å²) in [6.45, 7) is 4.77. The van der Waals surface area contributed by atoms with Crippen molar-refractivity contribution in [3.63, 3.8) is 0 Å². The average Bonchev–Trinajstić information content (AvgIpc) is 3.01. The first-order valence-corrected chi connectivity index (χ1v) is 5.51. The van der Waals surface area contributed by atoms with Crippen LogP contribution >= 0.6 is 0 Å². The van der Waals surface area contributed by atoms with E-state index in [0.29, 0.717) is 18.5 Å². The summed E-state index contributed by atoms with van der Waals surface area (Å²) in [6, 6.07) is 2.34. The Bertz CT molecular complexity index is 325. The number of nitrogens with zero attached hydrogens (tertiary/aromatic N) is 2. The van der Waals surface area contributed by atoms with Crippen molar-refractivity contribution in [2.45, 2.75) is 32.7 Å². The van der Waals surface area contributed by atoms with E-state index in [1.54, 1.807) is 0 Å². The molecule has 1 aliphatic rings. The highest BCUT2D eigenvalue weighted by Crippen LogP contribution is 2.33. The normalized spacial score (nSPS) is 17.2. The standard InChI is InChI=1S/C11H17N3O/c1-3-15-11-6-10(12-7-13-11)14-8(2)9-4-5-9/h6-9H,3-5H2,1-2H3,(H,12,13,14). The molecule has 1 heterocycles. The smallest absolute Gasteiger partial charge is 0.218 e. The van der Waals surface area contributed by atoms with Crippen LogP contribution in [0.3, 0.4) is 0 Å². The van der Waals surface area contributed by atoms with Crippen LogP contribution in [0.15, 0.2) is 12.4 Å². The molecule has 1 saturated carbocycles. The largest absolute Gasteiger partial charge is 0.478 e. The van der Waals surface area contributed by atoms with Crippen molar-refractivity contribution in [2.75, 3.05) is 11.9 Å². The predicted molar refractivity (Wildman–Crippen MR) is 59.0 cm³/mol. The fourth-order valence-corrected chi connectivity index (χ4v) is 1.59. The average molecular weight is 207 g/mol. The van der Waals surface area contributed by atoms with E-state index in [1.807, 2.05) is 13.0 Å². The molecule has 0 aliphatic heterocycles. The first-order valence-electron chi connectivity index (χ1n) is 5.51. The Morgan fingerprint density at radius 1 is 1.53 bits per heavy atom. The van der Waals surface area contributed by atoms with Gasteiger partial charge in [-0.3, -0.25) is 0 Å². The first-order chi connectivity index (χ1) is 7.29. The highest BCUT2D eigenvalue weighted by molar-refractivity contribution is 5.38. The number of hydrogen-bond acceptors (Lipinski definition) is 4. The van der Waals surface area contributed by atoms with Crippen LogP contribution in [0, 0.1) is 5.92 Å². The van der Waals surface area contributed by atoms with E-state index in [-0.39, 0.29) is 0 Å². The second-order valence-corrected chi connectivity index (χ2v) is 3.94. The van der Waals surface area contributed by atoms with E-state index in [4.69, 9.17) is 4.74 Å². The zero-order valence-corrected chi connectivity index (χ0v) is 9.23. The van der Waals surface area contributed by atoms with Crippen molar-refractivity contribution in [1.82, 2.24) is 9.97 Å². The maximum atomic E-state index is 5.31. The summed E-state index contributed by atoms with van der Waals surface area (Å²) >= 11 is 0. The third kappa shape index (κ3) is 2.81. The Balaban J connectivity index is 1.97. The van der Waals surface area contributed by atoms with E-state index in [2.05, 4.69) is 22.2 Å². The number of nitrogens with one attached hydrogen (secondary N) is 1. The SMILES string of the molecule is CCOc1cc(NC(C)C2CC2)ncn1. The summed E-state index contributed by atoms with van der Waals surface area (Å²) in [5, 5.41) is 3.37. The minimum absolute atomic E-state index is 0.495. The molecule has 1 aromatic heterocycles. The summed E-state index contributed by atoms with van der Waals surface area (Å²) in [5.74, 6) is 2.31. The third-order valence-electron chi connectivity index (χ3n) is 2.64. The molecule has 0 bridgehead atoms. The zero-order valence-electron chi connectivity index (χ0n) is 9.23. The van der Waals surface area contributed by atoms with Gasteiger partial charge in [-0.2, -0.15) is 0 Å². The van der Waals surface area contributed by atoms with Gasteiger partial charge in [0.1, 0.15) is 12.1 Å². The Morgan fingerprint density at radius 2 is 2.33 bits per heavy atom. The van der Waals surface area contributed by atoms with Gasteiger partial charge < -0.3 is 10.1 Å². The molecule has 15 heavy (non-hydrogen) atoms. The molecule has 2 rings (SSSR count). The maximum absolute atomic E-state index is 5.31. The Hall–Kier alpha value is -1.32. The summed E-state index contributed by atoms with van der Waals surface area (Å²) < 4.78 is 5.31. The highest BCUT2D eigenvalue weighted by atomic mass is 16.5. The third-order valence-corrected chi connectivity index (χ3v) is 2.64. The molecule has 0 spiro atoms. The van der Waals surface area contributed by atoms with Crippen molar-refractivity contribution in [3.8, 4) is 5.88 Å². The summed E-state index contributed by atoms with van der Waals surface area (Å²) in [5.41, 5.74) is 0. The number of anilines is 1. The first kappa shape index (κ1) is 10.2. The summed E-state index contributed by atoms with van der Waals surface area (Å²) in [6.07, 6.45) is 4.20. The maximum Gasteiger partial charge on any atom is 0.218 e. The van der Waals surface area contributed by atoms with Crippen LogP contribution < -0.4 is 10.1 Å². The molecule has 82 valence electrons. The molecule has 4 nitrogen and oxygen atoms in total. The predicted octanol–water partition coefficient (Wildman–Crippen LogP) is 2.09. The molecule has 1 aliphatic carbocycles. The van der Waals surface area contributed by atoms with Crippen molar-refractivity contribution in [1.29, 1.82) is 0 Å². The highest BCUT2D eigenvalue weighted by Gasteiger charge is 2.27. The molecule has 0 amide bonds. The van der Waals surface area contributed by atoms with Gasteiger partial charge in [-0.25, -0.2) is 9.97 Å². The lowest BCUT2D eigenvalue weighted by Gasteiger charge is -2.13. The molecule has 0 saturated heterocycles. The van der Waals surface area contributed by atoms with Crippen molar-refractivity contribution < 1.29 is 4.74 Å². The van der Waals surface area contributed by atoms with Crippen LogP contribution in [0.2, 0.25) is 0 Å². The van der Waals surface area contributed by atoms with E-state index in [9.17, 15) is 0 Å². The van der Waals surface area contributed by atoms with Gasteiger partial charge in [-0.05, 0) is 32.6 Å². The number of ether oxygens (including phenoxy) is 1. The molecule has 0 aromatic carbocycles. The van der Waals surface area contributed by atoms with Crippen molar-refractivity contribution in [2.24, 2.45) is 5.92 Å². The van der Waals surface area contributed by atoms with Gasteiger partial charge in [0.15, 0.2) is 0 Å². The molecule has 0 radical (unpaired) electrons. The molecule has 1 unspecified atom stereocenters. The lowest BCUT2D eigenvalue weighted by molar-refractivity contribution is 0.326. The lowest BCUT2D eigenvalue weighted by atomic mass is 10.2. The van der Waals surface area contributed by atoms with Gasteiger partial charge in [0.25, 0.3) is 0 Å². The van der Waals surface area contributed by atoms with Gasteiger partial charge in [0, 0.05) is 12.1 Å². The monoisotopic (exact) mass is 207 g/mol. The van der Waals surface area contributed by atoms with Crippen molar-refractivity contribution >= 4 is 5.82 Å². The fraction of sp³-hybridized carbons (Fsp3) is 0.636. The van der Waals surface area contributed by atoms with Crippen LogP contribution in [0.4, 0.5) is 5.82 Å². The van der Waals surface area contributed by atoms with E-state index in [0.717, 1.165) is 11.7 Å². The molecule has 1 aromatic rings.